The van der Waals surface area contributed by atoms with Gasteiger partial charge in [0.1, 0.15) is 5.75 Å². The zero-order chi connectivity index (χ0) is 19.8. The van der Waals surface area contributed by atoms with Crippen LogP contribution < -0.4 is 10.1 Å². The third kappa shape index (κ3) is 6.38. The number of esters is 1. The SMILES string of the molecule is CCC(=O)c1ccc(OCC(=O)O[C@@H](C)C(=O)N[C@H]2CCCC[C@@H]2C)cc1. The zero-order valence-corrected chi connectivity index (χ0v) is 16.3. The summed E-state index contributed by atoms with van der Waals surface area (Å²) in [5, 5.41) is 2.98. The fraction of sp³-hybridized carbons (Fsp3) is 0.571. The monoisotopic (exact) mass is 375 g/mol. The fourth-order valence-corrected chi connectivity index (χ4v) is 3.20. The number of carbonyl (C=O) groups is 3. The van der Waals surface area contributed by atoms with Crippen LogP contribution in [-0.4, -0.2) is 36.4 Å². The van der Waals surface area contributed by atoms with E-state index in [1.165, 1.54) is 6.42 Å². The summed E-state index contributed by atoms with van der Waals surface area (Å²) < 4.78 is 10.5. The number of hydrogen-bond acceptors (Lipinski definition) is 5. The van der Waals surface area contributed by atoms with Gasteiger partial charge >= 0.3 is 5.97 Å². The summed E-state index contributed by atoms with van der Waals surface area (Å²) in [7, 11) is 0. The van der Waals surface area contributed by atoms with Crippen LogP contribution >= 0.6 is 0 Å². The minimum absolute atomic E-state index is 0.0491. The highest BCUT2D eigenvalue weighted by Crippen LogP contribution is 2.23. The molecule has 27 heavy (non-hydrogen) atoms. The van der Waals surface area contributed by atoms with Gasteiger partial charge in [0.25, 0.3) is 5.91 Å². The molecule has 1 saturated carbocycles. The van der Waals surface area contributed by atoms with Crippen LogP contribution in [-0.2, 0) is 14.3 Å². The van der Waals surface area contributed by atoms with Crippen LogP contribution in [0.3, 0.4) is 0 Å². The van der Waals surface area contributed by atoms with Crippen LogP contribution in [0.25, 0.3) is 0 Å². The van der Waals surface area contributed by atoms with E-state index >= 15 is 0 Å². The van der Waals surface area contributed by atoms with Crippen molar-refractivity contribution < 1.29 is 23.9 Å². The van der Waals surface area contributed by atoms with Crippen molar-refractivity contribution >= 4 is 17.7 Å². The van der Waals surface area contributed by atoms with Crippen molar-refractivity contribution in [1.82, 2.24) is 5.32 Å². The van der Waals surface area contributed by atoms with Gasteiger partial charge in [0.2, 0.25) is 0 Å². The number of nitrogens with one attached hydrogen (secondary N) is 1. The fourth-order valence-electron chi connectivity index (χ4n) is 3.20. The Morgan fingerprint density at radius 3 is 2.44 bits per heavy atom. The molecular weight excluding hydrogens is 346 g/mol. The molecule has 1 aromatic rings. The van der Waals surface area contributed by atoms with Gasteiger partial charge in [-0.3, -0.25) is 9.59 Å². The van der Waals surface area contributed by atoms with E-state index in [1.54, 1.807) is 38.1 Å². The molecule has 0 aromatic heterocycles. The molecule has 6 heteroatoms. The first kappa shape index (κ1) is 20.9. The minimum Gasteiger partial charge on any atom is -0.482 e. The second-order valence-corrected chi connectivity index (χ2v) is 7.10. The summed E-state index contributed by atoms with van der Waals surface area (Å²) in [5.74, 6) is 0.0740. The van der Waals surface area contributed by atoms with Crippen molar-refractivity contribution in [3.8, 4) is 5.75 Å². The van der Waals surface area contributed by atoms with E-state index in [1.807, 2.05) is 0 Å². The lowest BCUT2D eigenvalue weighted by Crippen LogP contribution is -2.46. The molecule has 1 aromatic carbocycles. The van der Waals surface area contributed by atoms with Gasteiger partial charge in [-0.25, -0.2) is 4.79 Å². The van der Waals surface area contributed by atoms with Crippen molar-refractivity contribution in [1.29, 1.82) is 0 Å². The van der Waals surface area contributed by atoms with Gasteiger partial charge in [0.15, 0.2) is 18.5 Å². The topological polar surface area (TPSA) is 81.7 Å². The first-order chi connectivity index (χ1) is 12.9. The quantitative estimate of drug-likeness (QED) is 0.557. The molecule has 1 aliphatic carbocycles. The number of ether oxygens (including phenoxy) is 2. The maximum atomic E-state index is 12.2. The number of carbonyl (C=O) groups excluding carboxylic acids is 3. The number of amides is 1. The predicted molar refractivity (Wildman–Crippen MR) is 102 cm³/mol. The van der Waals surface area contributed by atoms with Crippen molar-refractivity contribution in [2.75, 3.05) is 6.61 Å². The van der Waals surface area contributed by atoms with Crippen LogP contribution in [0.15, 0.2) is 24.3 Å². The van der Waals surface area contributed by atoms with Gasteiger partial charge in [-0.1, -0.05) is 26.7 Å². The van der Waals surface area contributed by atoms with Crippen molar-refractivity contribution in [2.45, 2.75) is 65.0 Å². The molecule has 0 bridgehead atoms. The first-order valence-corrected chi connectivity index (χ1v) is 9.66. The third-order valence-electron chi connectivity index (χ3n) is 4.97. The smallest absolute Gasteiger partial charge is 0.344 e. The molecule has 0 saturated heterocycles. The maximum Gasteiger partial charge on any atom is 0.344 e. The maximum absolute atomic E-state index is 12.2. The van der Waals surface area contributed by atoms with E-state index in [2.05, 4.69) is 12.2 Å². The molecule has 148 valence electrons. The molecule has 1 aliphatic rings. The van der Waals surface area contributed by atoms with Crippen molar-refractivity contribution in [2.24, 2.45) is 5.92 Å². The van der Waals surface area contributed by atoms with E-state index in [-0.39, 0.29) is 24.3 Å². The summed E-state index contributed by atoms with van der Waals surface area (Å²) in [4.78, 5) is 35.7. The molecule has 0 aliphatic heterocycles. The van der Waals surface area contributed by atoms with Crippen LogP contribution in [0.2, 0.25) is 0 Å². The molecule has 0 heterocycles. The Morgan fingerprint density at radius 1 is 1.15 bits per heavy atom. The Morgan fingerprint density at radius 2 is 1.81 bits per heavy atom. The number of ketones is 1. The Kier molecular flexibility index (Phi) is 7.82. The number of hydrogen-bond donors (Lipinski definition) is 1. The lowest BCUT2D eigenvalue weighted by molar-refractivity contribution is -0.157. The molecule has 6 nitrogen and oxygen atoms in total. The molecule has 2 rings (SSSR count). The first-order valence-electron chi connectivity index (χ1n) is 9.66. The summed E-state index contributed by atoms with van der Waals surface area (Å²) in [6, 6.07) is 6.74. The van der Waals surface area contributed by atoms with Crippen LogP contribution in [0.1, 0.15) is 63.2 Å². The highest BCUT2D eigenvalue weighted by Gasteiger charge is 2.26. The highest BCUT2D eigenvalue weighted by atomic mass is 16.6. The second-order valence-electron chi connectivity index (χ2n) is 7.10. The average Bonchev–Trinajstić information content (AvgIpc) is 2.67. The number of Topliss-reactive ketones (excluding diaryl/α,β-unsaturated/α-hetero) is 1. The van der Waals surface area contributed by atoms with E-state index in [0.717, 1.165) is 19.3 Å². The normalized spacial score (nSPS) is 20.4. The number of rotatable bonds is 8. The summed E-state index contributed by atoms with van der Waals surface area (Å²) in [6.07, 6.45) is 3.96. The standard InChI is InChI=1S/C21H29NO5/c1-4-19(23)16-9-11-17(12-10-16)26-13-20(24)27-15(3)21(25)22-18-8-6-5-7-14(18)2/h9-12,14-15,18H,4-8,13H2,1-3H3,(H,22,25)/t14-,15-,18-/m0/s1. The Labute approximate surface area is 160 Å². The van der Waals surface area contributed by atoms with E-state index in [4.69, 9.17) is 9.47 Å². The Balaban J connectivity index is 1.75. The van der Waals surface area contributed by atoms with Gasteiger partial charge in [0.05, 0.1) is 0 Å². The summed E-state index contributed by atoms with van der Waals surface area (Å²) in [5.41, 5.74) is 0.606. The van der Waals surface area contributed by atoms with E-state index < -0.39 is 12.1 Å². The second kappa shape index (κ2) is 10.1. The van der Waals surface area contributed by atoms with E-state index in [9.17, 15) is 14.4 Å². The largest absolute Gasteiger partial charge is 0.482 e. The Hall–Kier alpha value is -2.37. The van der Waals surface area contributed by atoms with E-state index in [0.29, 0.717) is 23.7 Å². The van der Waals surface area contributed by atoms with Crippen LogP contribution in [0.5, 0.6) is 5.75 Å². The molecule has 3 atom stereocenters. The van der Waals surface area contributed by atoms with Crippen LogP contribution in [0.4, 0.5) is 0 Å². The average molecular weight is 375 g/mol. The molecule has 0 radical (unpaired) electrons. The molecule has 1 N–H and O–H groups in total. The third-order valence-corrected chi connectivity index (χ3v) is 4.97. The van der Waals surface area contributed by atoms with Gasteiger partial charge in [0, 0.05) is 18.0 Å². The summed E-state index contributed by atoms with van der Waals surface area (Å²) >= 11 is 0. The van der Waals surface area contributed by atoms with Gasteiger partial charge in [-0.2, -0.15) is 0 Å². The predicted octanol–water partition coefficient (Wildman–Crippen LogP) is 3.28. The molecule has 0 spiro atoms. The van der Waals surface area contributed by atoms with Crippen LogP contribution in [0, 0.1) is 5.92 Å². The van der Waals surface area contributed by atoms with Crippen molar-refractivity contribution in [3.05, 3.63) is 29.8 Å². The lowest BCUT2D eigenvalue weighted by Gasteiger charge is -2.30. The Bertz CT molecular complexity index is 655. The van der Waals surface area contributed by atoms with Gasteiger partial charge in [-0.05, 0) is 49.9 Å². The molecule has 0 unspecified atom stereocenters. The molecule has 1 amide bonds. The lowest BCUT2D eigenvalue weighted by atomic mass is 9.86. The number of benzene rings is 1. The molecular formula is C21H29NO5. The zero-order valence-electron chi connectivity index (χ0n) is 16.3. The highest BCUT2D eigenvalue weighted by molar-refractivity contribution is 5.95. The van der Waals surface area contributed by atoms with Crippen molar-refractivity contribution in [3.63, 3.8) is 0 Å². The summed E-state index contributed by atoms with van der Waals surface area (Å²) in [6.45, 7) is 5.20. The van der Waals surface area contributed by atoms with Gasteiger partial charge < -0.3 is 14.8 Å². The van der Waals surface area contributed by atoms with Gasteiger partial charge in [-0.15, -0.1) is 0 Å². The molecule has 1 fully saturated rings. The minimum atomic E-state index is -0.861.